The van der Waals surface area contributed by atoms with E-state index in [4.69, 9.17) is 0 Å². The Labute approximate surface area is 202 Å². The highest BCUT2D eigenvalue weighted by atomic mass is 32.2. The van der Waals surface area contributed by atoms with Crippen molar-refractivity contribution in [3.8, 4) is 0 Å². The molecule has 4 atom stereocenters. The van der Waals surface area contributed by atoms with E-state index in [2.05, 4.69) is 5.32 Å². The monoisotopic (exact) mass is 480 g/mol. The molecule has 4 rings (SSSR count). The highest BCUT2D eigenvalue weighted by Gasteiger charge is 2.44. The predicted octanol–water partition coefficient (Wildman–Crippen LogP) is 3.13. The van der Waals surface area contributed by atoms with Crippen LogP contribution in [0.15, 0.2) is 54.6 Å². The third-order valence-electron chi connectivity index (χ3n) is 6.48. The molecule has 8 heteroatoms. The Hall–Kier alpha value is -3.13. The fraction of sp³-hybridized carbons (Fsp3) is 0.385. The molecule has 2 heterocycles. The number of amides is 2. The molecular weight excluding hydrogens is 452 g/mol. The topological polar surface area (TPSA) is 104 Å². The van der Waals surface area contributed by atoms with Crippen LogP contribution in [0.3, 0.4) is 0 Å². The average Bonchev–Trinajstić information content (AvgIpc) is 2.94. The first-order valence-electron chi connectivity index (χ1n) is 11.5. The van der Waals surface area contributed by atoms with Crippen LogP contribution < -0.4 is 5.32 Å². The zero-order chi connectivity index (χ0) is 24.2. The fourth-order valence-electron chi connectivity index (χ4n) is 4.98. The van der Waals surface area contributed by atoms with E-state index in [0.717, 1.165) is 28.5 Å². The lowest BCUT2D eigenvalue weighted by molar-refractivity contribution is -0.156. The number of rotatable bonds is 6. The first-order valence-corrected chi connectivity index (χ1v) is 12.4. The van der Waals surface area contributed by atoms with Gasteiger partial charge in [0, 0.05) is 13.3 Å². The van der Waals surface area contributed by atoms with Crippen LogP contribution in [0.4, 0.5) is 0 Å². The summed E-state index contributed by atoms with van der Waals surface area (Å²) < 4.78 is 0. The number of piperidine rings is 1. The smallest absolute Gasteiger partial charge is 0.326 e. The van der Waals surface area contributed by atoms with Gasteiger partial charge in [0.25, 0.3) is 0 Å². The van der Waals surface area contributed by atoms with E-state index in [1.165, 1.54) is 11.8 Å². The Morgan fingerprint density at radius 3 is 2.50 bits per heavy atom. The lowest BCUT2D eigenvalue weighted by atomic mass is 9.89. The number of carbonyl (C=O) groups is 4. The zero-order valence-corrected chi connectivity index (χ0v) is 19.8. The maximum Gasteiger partial charge on any atom is 0.326 e. The lowest BCUT2D eigenvalue weighted by Crippen LogP contribution is -2.56. The van der Waals surface area contributed by atoms with Crippen LogP contribution in [-0.4, -0.2) is 50.2 Å². The maximum atomic E-state index is 13.7. The summed E-state index contributed by atoms with van der Waals surface area (Å²) in [5.41, 5.74) is 2.78. The molecule has 34 heavy (non-hydrogen) atoms. The van der Waals surface area contributed by atoms with Crippen LogP contribution in [0.1, 0.15) is 48.9 Å². The van der Waals surface area contributed by atoms with Crippen molar-refractivity contribution < 1.29 is 24.3 Å². The van der Waals surface area contributed by atoms with Crippen molar-refractivity contribution in [2.45, 2.75) is 62.4 Å². The molecule has 2 aromatic carbocycles. The second kappa shape index (κ2) is 10.4. The van der Waals surface area contributed by atoms with E-state index in [-0.39, 0.29) is 23.5 Å². The van der Waals surface area contributed by atoms with Crippen molar-refractivity contribution in [1.82, 2.24) is 10.2 Å². The number of hydrogen-bond donors (Lipinski definition) is 2. The van der Waals surface area contributed by atoms with Crippen molar-refractivity contribution >= 4 is 34.7 Å². The number of nitrogens with zero attached hydrogens (tertiary/aromatic N) is 1. The SMILES string of the molecule is CC(=O)S[C@H](Cc1ccccc1)C(=O)NC1Cc2ccccc2C2CCCC(C(=O)O)N2C1=O. The number of fused-ring (bicyclic) bond motifs is 3. The molecule has 2 N–H and O–H groups in total. The summed E-state index contributed by atoms with van der Waals surface area (Å²) in [6.07, 6.45) is 2.41. The van der Waals surface area contributed by atoms with Crippen LogP contribution in [-0.2, 0) is 32.0 Å². The van der Waals surface area contributed by atoms with Crippen molar-refractivity contribution in [2.75, 3.05) is 0 Å². The molecule has 0 spiro atoms. The first-order chi connectivity index (χ1) is 16.3. The van der Waals surface area contributed by atoms with Crippen molar-refractivity contribution in [1.29, 1.82) is 0 Å². The quantitative estimate of drug-likeness (QED) is 0.659. The Kier molecular flexibility index (Phi) is 7.36. The van der Waals surface area contributed by atoms with Crippen LogP contribution >= 0.6 is 11.8 Å². The second-order valence-electron chi connectivity index (χ2n) is 8.80. The van der Waals surface area contributed by atoms with Gasteiger partial charge in [-0.2, -0.15) is 0 Å². The number of carboxylic acid groups (broad SMARTS) is 1. The standard InChI is InChI=1S/C26H28N2O5S/c1-16(29)34-23(14-17-8-3-2-4-9-17)24(30)27-20-15-18-10-5-6-11-19(18)21-12-7-13-22(26(32)33)28(21)25(20)31/h2-6,8-11,20-23H,7,12-15H2,1H3,(H,27,30)(H,32,33)/t20?,21?,22?,23-/m1/s1. The molecule has 178 valence electrons. The minimum atomic E-state index is -1.03. The van der Waals surface area contributed by atoms with Gasteiger partial charge in [0.15, 0.2) is 5.12 Å². The maximum absolute atomic E-state index is 13.7. The van der Waals surface area contributed by atoms with Crippen LogP contribution in [0.2, 0.25) is 0 Å². The van der Waals surface area contributed by atoms with Gasteiger partial charge in [-0.15, -0.1) is 0 Å². The molecule has 0 saturated carbocycles. The number of carboxylic acids is 1. The third-order valence-corrected chi connectivity index (χ3v) is 7.48. The van der Waals surface area contributed by atoms with Crippen LogP contribution in [0.25, 0.3) is 0 Å². The van der Waals surface area contributed by atoms with Crippen LogP contribution in [0.5, 0.6) is 0 Å². The molecular formula is C26H28N2O5S. The van der Waals surface area contributed by atoms with Gasteiger partial charge in [-0.25, -0.2) is 4.79 Å². The third kappa shape index (κ3) is 5.17. The Morgan fingerprint density at radius 1 is 1.09 bits per heavy atom. The van der Waals surface area contributed by atoms with Crippen LogP contribution in [0, 0.1) is 0 Å². The second-order valence-corrected chi connectivity index (χ2v) is 10.2. The molecule has 2 aliphatic heterocycles. The zero-order valence-electron chi connectivity index (χ0n) is 19.0. The van der Waals surface area contributed by atoms with E-state index in [1.54, 1.807) is 0 Å². The Bertz CT molecular complexity index is 1090. The van der Waals surface area contributed by atoms with Gasteiger partial charge in [0.05, 0.1) is 11.3 Å². The molecule has 0 bridgehead atoms. The van der Waals surface area contributed by atoms with Gasteiger partial charge in [0.1, 0.15) is 12.1 Å². The minimum absolute atomic E-state index is 0.185. The molecule has 2 aliphatic rings. The molecule has 7 nitrogen and oxygen atoms in total. The number of nitrogens with one attached hydrogen (secondary N) is 1. The summed E-state index contributed by atoms with van der Waals surface area (Å²) in [7, 11) is 0. The van der Waals surface area contributed by atoms with E-state index < -0.39 is 29.2 Å². The normalized spacial score (nSPS) is 22.7. The predicted molar refractivity (Wildman–Crippen MR) is 129 cm³/mol. The van der Waals surface area contributed by atoms with Crippen molar-refractivity contribution in [3.05, 3.63) is 71.3 Å². The number of thioether (sulfide) groups is 1. The Morgan fingerprint density at radius 2 is 1.79 bits per heavy atom. The molecule has 1 fully saturated rings. The minimum Gasteiger partial charge on any atom is -0.480 e. The fourth-order valence-corrected chi connectivity index (χ4v) is 5.83. The number of benzene rings is 2. The summed E-state index contributed by atoms with van der Waals surface area (Å²) in [5.74, 6) is -1.81. The number of hydrogen-bond acceptors (Lipinski definition) is 5. The highest BCUT2D eigenvalue weighted by Crippen LogP contribution is 2.39. The average molecular weight is 481 g/mol. The van der Waals surface area contributed by atoms with E-state index >= 15 is 0 Å². The van der Waals surface area contributed by atoms with Crippen molar-refractivity contribution in [3.63, 3.8) is 0 Å². The van der Waals surface area contributed by atoms with E-state index in [9.17, 15) is 24.3 Å². The van der Waals surface area contributed by atoms with E-state index in [1.807, 2.05) is 54.6 Å². The first kappa shape index (κ1) is 24.0. The Balaban J connectivity index is 1.63. The largest absolute Gasteiger partial charge is 0.480 e. The van der Waals surface area contributed by atoms with Gasteiger partial charge in [-0.05, 0) is 42.4 Å². The van der Waals surface area contributed by atoms with Crippen molar-refractivity contribution in [2.24, 2.45) is 0 Å². The van der Waals surface area contributed by atoms with Gasteiger partial charge in [0.2, 0.25) is 11.8 Å². The van der Waals surface area contributed by atoms with Gasteiger partial charge < -0.3 is 15.3 Å². The lowest BCUT2D eigenvalue weighted by Gasteiger charge is -2.40. The molecule has 3 unspecified atom stereocenters. The van der Waals surface area contributed by atoms with E-state index in [0.29, 0.717) is 25.7 Å². The summed E-state index contributed by atoms with van der Waals surface area (Å²) >= 11 is 0.941. The molecule has 2 amide bonds. The van der Waals surface area contributed by atoms with Gasteiger partial charge in [-0.1, -0.05) is 66.4 Å². The van der Waals surface area contributed by atoms with Gasteiger partial charge >= 0.3 is 5.97 Å². The summed E-state index contributed by atoms with van der Waals surface area (Å²) in [6.45, 7) is 1.42. The van der Waals surface area contributed by atoms with Gasteiger partial charge in [-0.3, -0.25) is 14.4 Å². The number of carbonyl (C=O) groups excluding carboxylic acids is 3. The molecule has 0 radical (unpaired) electrons. The highest BCUT2D eigenvalue weighted by molar-refractivity contribution is 8.14. The molecule has 0 aliphatic carbocycles. The molecule has 2 aromatic rings. The summed E-state index contributed by atoms with van der Waals surface area (Å²) in [4.78, 5) is 52.4. The number of aliphatic carboxylic acids is 1. The molecule has 1 saturated heterocycles. The molecule has 0 aromatic heterocycles. The summed E-state index contributed by atoms with van der Waals surface area (Å²) in [5, 5.41) is 11.8. The summed E-state index contributed by atoms with van der Waals surface area (Å²) in [6, 6.07) is 14.9.